The van der Waals surface area contributed by atoms with Crippen LogP contribution in [0.2, 0.25) is 0 Å². The molecule has 135 heavy (non-hydrogen) atoms. The Morgan fingerprint density at radius 1 is 0.467 bits per heavy atom. The van der Waals surface area contributed by atoms with Crippen molar-refractivity contribution in [1.29, 1.82) is 0 Å². The monoisotopic (exact) mass is 1970 g/mol. The van der Waals surface area contributed by atoms with Gasteiger partial charge >= 0.3 is 64.1 Å². The second-order valence-electron chi connectivity index (χ2n) is 29.8. The number of esters is 5. The Labute approximate surface area is 794 Å². The average Bonchev–Trinajstić information content (AvgIpc) is 0.787. The molecule has 728 valence electrons. The molecule has 0 saturated carbocycles. The molecule has 0 radical (unpaired) electrons. The molecule has 0 aliphatic carbocycles. The van der Waals surface area contributed by atoms with Crippen LogP contribution in [0.3, 0.4) is 0 Å². The Morgan fingerprint density at radius 2 is 0.815 bits per heavy atom. The lowest BCUT2D eigenvalue weighted by atomic mass is 9.92. The van der Waals surface area contributed by atoms with Crippen LogP contribution in [0, 0.1) is 29.6 Å². The number of halogens is 1. The third-order valence-corrected chi connectivity index (χ3v) is 25.5. The summed E-state index contributed by atoms with van der Waals surface area (Å²) >= 11 is 0. The molecule has 4 unspecified atom stereocenters. The molecule has 14 rings (SSSR count). The van der Waals surface area contributed by atoms with Gasteiger partial charge in [-0.25, -0.2) is 0 Å². The average molecular weight is 1980 g/mol. The summed E-state index contributed by atoms with van der Waals surface area (Å²) in [6.07, 6.45) is 4.69. The molecule has 0 aromatic heterocycles. The molecule has 11 atom stereocenters. The lowest BCUT2D eigenvalue weighted by Crippen LogP contribution is -3.00. The van der Waals surface area contributed by atoms with Gasteiger partial charge in [0.1, 0.15) is 87.8 Å². The maximum Gasteiger partial charge on any atom is 0.394 e. The third-order valence-electron chi connectivity index (χ3n) is 20.9. The van der Waals surface area contributed by atoms with Crippen molar-refractivity contribution in [2.24, 2.45) is 29.6 Å². The van der Waals surface area contributed by atoms with E-state index >= 15 is 0 Å². The van der Waals surface area contributed by atoms with Crippen molar-refractivity contribution < 1.29 is 175 Å². The molecular formula is C99H116BrO33PS. The Balaban J connectivity index is 0.000000325. The van der Waals surface area contributed by atoms with Crippen LogP contribution in [0.5, 0.6) is 34.5 Å². The summed E-state index contributed by atoms with van der Waals surface area (Å²) in [4.78, 5) is 108. The van der Waals surface area contributed by atoms with E-state index in [0.29, 0.717) is 77.4 Å². The van der Waals surface area contributed by atoms with E-state index in [9.17, 15) is 68.4 Å². The highest BCUT2D eigenvalue weighted by Gasteiger charge is 2.46. The van der Waals surface area contributed by atoms with Crippen LogP contribution in [0.15, 0.2) is 249 Å². The van der Waals surface area contributed by atoms with Crippen molar-refractivity contribution in [2.45, 2.75) is 122 Å². The van der Waals surface area contributed by atoms with Crippen molar-refractivity contribution in [3.8, 4) is 34.5 Å². The Bertz CT molecular complexity index is 5150. The molecule has 5 heterocycles. The fourth-order valence-electron chi connectivity index (χ4n) is 14.6. The van der Waals surface area contributed by atoms with Crippen LogP contribution in [-0.2, 0) is 77.2 Å². The van der Waals surface area contributed by atoms with Gasteiger partial charge in [-0.3, -0.25) is 57.1 Å². The number of rotatable bonds is 29. The third kappa shape index (κ3) is 36.5. The number of carboxylic acid groups (broad SMARTS) is 4. The number of carboxylic acids is 4. The van der Waals surface area contributed by atoms with Crippen LogP contribution < -0.4 is 61.3 Å². The zero-order chi connectivity index (χ0) is 97.6. The Morgan fingerprint density at radius 3 is 1.16 bits per heavy atom. The minimum absolute atomic E-state index is 0. The molecule has 33 nitrogen and oxygen atoms in total. The van der Waals surface area contributed by atoms with E-state index in [1.807, 2.05) is 85.8 Å². The van der Waals surface area contributed by atoms with E-state index in [2.05, 4.69) is 77.5 Å². The van der Waals surface area contributed by atoms with E-state index in [1.165, 1.54) is 37.2 Å². The maximum absolute atomic E-state index is 11.2. The molecule has 5 saturated heterocycles. The largest absolute Gasteiger partial charge is 1.00 e. The molecule has 0 amide bonds. The number of aliphatic hydroxyl groups is 4. The number of carbonyl (C=O) groups excluding carboxylic acids is 6. The fraction of sp³-hybridized carbons (Fsp3) is 0.333. The molecule has 36 heteroatoms. The second-order valence-corrected chi connectivity index (χ2v) is 34.3. The molecular weight excluding hydrogens is 1860 g/mol. The van der Waals surface area contributed by atoms with Gasteiger partial charge in [0, 0.05) is 78.0 Å². The number of para-hydroxylation sites is 6. The number of hydrogen-bond acceptors (Lipinski definition) is 27. The van der Waals surface area contributed by atoms with Crippen molar-refractivity contribution in [3.63, 3.8) is 0 Å². The first-order chi connectivity index (χ1) is 63.7. The molecule has 9 aromatic carbocycles. The highest BCUT2D eigenvalue weighted by Crippen LogP contribution is 2.56. The summed E-state index contributed by atoms with van der Waals surface area (Å²) in [5.74, 6) is -3.70. The van der Waals surface area contributed by atoms with Gasteiger partial charge in [-0.05, 0) is 98.1 Å². The van der Waals surface area contributed by atoms with Gasteiger partial charge in [0.05, 0.1) is 98.7 Å². The Hall–Kier alpha value is -12.8. The lowest BCUT2D eigenvalue weighted by molar-refractivity contribution is -0.152. The molecule has 9 aromatic rings. The van der Waals surface area contributed by atoms with Crippen molar-refractivity contribution >= 4 is 93.6 Å². The number of aldehydes is 1. The number of methoxy groups -OCH3 is 6. The molecule has 5 fully saturated rings. The van der Waals surface area contributed by atoms with Crippen LogP contribution in [-0.4, -0.2) is 187 Å². The zero-order valence-electron chi connectivity index (χ0n) is 74.6. The van der Waals surface area contributed by atoms with Gasteiger partial charge in [-0.15, -0.1) is 0 Å². The molecule has 0 bridgehead atoms. The number of allylic oxidation sites excluding steroid dienone is 2. The fourth-order valence-corrected chi connectivity index (χ4v) is 18.9. The highest BCUT2D eigenvalue weighted by atomic mass is 79.9. The summed E-state index contributed by atoms with van der Waals surface area (Å²) in [6.45, 7) is 1.85. The molecule has 5 aliphatic heterocycles. The van der Waals surface area contributed by atoms with Crippen LogP contribution in [0.25, 0.3) is 0 Å². The van der Waals surface area contributed by atoms with Crippen LogP contribution >= 0.6 is 7.26 Å². The SMILES string of the molecule is C.COc1ccccc1C(O)[C@@H](CO)C/C=C\CCC(=O)O.COc1ccccc1C1OC(=O)CC1C(=O)O.COc1ccccc1C=O.COc1ccccc1[C@H]1OC(=O)C[C@@H]1C.COc1ccccc1[C@H]1OC(=O)C[C@@H]1C(=O)O.COc1ccccc1[C@H]1OC(O)C[C@@H]1CO.O=C(O)CCC[P+](c1ccccc1)(c1ccccc1)c1ccccc1.O=C1CCC(=O)O1.O=S(=O)(O)O.[Br-]. The standard InChI is InChI=1S/C22H21O2P.C16H22O5.2C12H12O5.C12H16O4.C12H14O3.C8H8O2.C4H4O3.CH4.BrH.H2O4S/c23-22(24)17-10-18-25(19-11-4-1-5-12-19,20-13-6-2-7-14-20)21-15-8-3-9-16-21;1-21-14-9-6-5-8-13(14)16(20)12(11-17)7-3-2-4-10-15(18)19;2*1-16-9-5-3-2-4-7(9)11-8(12(14)15)6-10(13)17-11;1-15-10-5-3-2-4-9(10)12-8(7-13)6-11(14)16-12;1-8-7-11(13)15-12(8)9-5-3-4-6-10(9)14-2;1-10-8-5-3-2-4-7(8)6-9;5-3-1-2-4(6)7-3;;;1-5(2,3)4/h1-9,11-16H,10,17-18H2;2-3,5-6,8-9,12,16-17,20H,4,7,10-11H2,1H3,(H,18,19);2*2-5,8,11H,6H2,1H3,(H,14,15);2-5,8,11-14H,6-7H2,1H3;3-6,8,12H,7H2,1-2H3;2-6H,1H3;1-2H2;1H4;1H;(H2,1,2,3,4)/b;3-2-;;;;;;;;;/t;12-,16?;8-,11+;;8-,11?,12+;8-,12-;;;;;/m.10.10...../s1. The number of carbonyl (C=O) groups is 10. The van der Waals surface area contributed by atoms with Gasteiger partial charge in [-0.1, -0.05) is 184 Å². The van der Waals surface area contributed by atoms with E-state index < -0.39 is 102 Å². The van der Waals surface area contributed by atoms with E-state index in [-0.39, 0.29) is 112 Å². The summed E-state index contributed by atoms with van der Waals surface area (Å²) in [5, 5.41) is 78.2. The number of ether oxygens (including phenoxy) is 11. The first-order valence-electron chi connectivity index (χ1n) is 41.8. The normalized spacial score (nSPS) is 18.5. The predicted molar refractivity (Wildman–Crippen MR) is 494 cm³/mol. The summed E-state index contributed by atoms with van der Waals surface area (Å²) in [5.41, 5.74) is 4.24. The van der Waals surface area contributed by atoms with Crippen molar-refractivity contribution in [1.82, 2.24) is 0 Å². The minimum atomic E-state index is -4.67. The smallest absolute Gasteiger partial charge is 0.394 e. The van der Waals surface area contributed by atoms with E-state index in [0.717, 1.165) is 35.1 Å². The second kappa shape index (κ2) is 59.7. The number of benzene rings is 9. The number of aliphatic carboxylic acids is 4. The molecule has 0 spiro atoms. The number of aliphatic hydroxyl groups excluding tert-OH is 4. The van der Waals surface area contributed by atoms with Gasteiger partial charge in [0.25, 0.3) is 0 Å². The lowest BCUT2D eigenvalue weighted by Gasteiger charge is -2.27. The maximum atomic E-state index is 11.2. The van der Waals surface area contributed by atoms with Gasteiger partial charge in [-0.2, -0.15) is 8.42 Å². The van der Waals surface area contributed by atoms with Crippen molar-refractivity contribution in [3.05, 3.63) is 282 Å². The number of cyclic esters (lactones) is 5. The van der Waals surface area contributed by atoms with E-state index in [1.54, 1.807) is 118 Å². The van der Waals surface area contributed by atoms with Crippen LogP contribution in [0.1, 0.15) is 154 Å². The quantitative estimate of drug-likeness (QED) is 0.00396. The van der Waals surface area contributed by atoms with E-state index in [4.69, 9.17) is 85.3 Å². The highest BCUT2D eigenvalue weighted by molar-refractivity contribution is 7.95. The topological polar surface area (TPSA) is 509 Å². The first kappa shape index (κ1) is 115. The zero-order valence-corrected chi connectivity index (χ0v) is 77.9. The predicted octanol–water partition coefficient (Wildman–Crippen LogP) is 10.5. The van der Waals surface area contributed by atoms with Crippen LogP contribution in [0.4, 0.5) is 0 Å². The molecule has 5 aliphatic rings. The summed E-state index contributed by atoms with van der Waals surface area (Å²) in [7, 11) is 2.74. The van der Waals surface area contributed by atoms with Gasteiger partial charge < -0.3 is 110 Å². The molecule has 10 N–H and O–H groups in total. The Kier molecular flexibility index (Phi) is 50.7. The number of hydrogen-bond donors (Lipinski definition) is 10. The summed E-state index contributed by atoms with van der Waals surface area (Å²) in [6, 6.07) is 75.0. The first-order valence-corrected chi connectivity index (χ1v) is 45.2. The van der Waals surface area contributed by atoms with Gasteiger partial charge in [0.2, 0.25) is 0 Å². The van der Waals surface area contributed by atoms with Gasteiger partial charge in [0.15, 0.2) is 12.6 Å². The minimum Gasteiger partial charge on any atom is -1.00 e. The summed E-state index contributed by atoms with van der Waals surface area (Å²) < 4.78 is 87.4. The van der Waals surface area contributed by atoms with Crippen molar-refractivity contribution in [2.75, 3.05) is 62.0 Å².